The van der Waals surface area contributed by atoms with Crippen molar-refractivity contribution in [2.24, 2.45) is 0 Å². The number of methoxy groups -OCH3 is 1. The number of carbonyl (C=O) groups excluding carboxylic acids is 1. The Morgan fingerprint density at radius 2 is 2.00 bits per heavy atom. The first-order chi connectivity index (χ1) is 11.6. The lowest BCUT2D eigenvalue weighted by Gasteiger charge is -2.16. The van der Waals surface area contributed by atoms with Gasteiger partial charge in [-0.15, -0.1) is 6.42 Å². The van der Waals surface area contributed by atoms with Gasteiger partial charge < -0.3 is 10.1 Å². The lowest BCUT2D eigenvalue weighted by molar-refractivity contribution is -0.117. The van der Waals surface area contributed by atoms with E-state index in [1.165, 1.54) is 5.56 Å². The van der Waals surface area contributed by atoms with Crippen molar-refractivity contribution in [2.45, 2.75) is 6.42 Å². The summed E-state index contributed by atoms with van der Waals surface area (Å²) in [5.41, 5.74) is 2.68. The molecule has 4 nitrogen and oxygen atoms in total. The summed E-state index contributed by atoms with van der Waals surface area (Å²) in [6, 6.07) is 15.2. The highest BCUT2D eigenvalue weighted by molar-refractivity contribution is 5.92. The van der Waals surface area contributed by atoms with Gasteiger partial charge in [0.15, 0.2) is 0 Å². The molecule has 0 saturated carbocycles. The lowest BCUT2D eigenvalue weighted by atomic mass is 10.1. The standard InChI is InChI=1S/C20H22N2O2/c1-4-16-6-5-7-18(14-16)21-20(23)15-22(2)13-12-17-8-10-19(24-3)11-9-17/h1,5-11,14H,12-13,15H2,2-3H3,(H,21,23). The number of amides is 1. The lowest BCUT2D eigenvalue weighted by Crippen LogP contribution is -2.31. The van der Waals surface area contributed by atoms with Gasteiger partial charge in [0.05, 0.1) is 13.7 Å². The van der Waals surface area contributed by atoms with Gasteiger partial charge in [0.2, 0.25) is 5.91 Å². The van der Waals surface area contributed by atoms with Crippen molar-refractivity contribution in [3.8, 4) is 18.1 Å². The summed E-state index contributed by atoms with van der Waals surface area (Å²) in [7, 11) is 3.58. The summed E-state index contributed by atoms with van der Waals surface area (Å²) < 4.78 is 5.14. The molecular weight excluding hydrogens is 300 g/mol. The maximum atomic E-state index is 12.1. The zero-order valence-electron chi connectivity index (χ0n) is 14.1. The maximum absolute atomic E-state index is 12.1. The molecule has 0 aliphatic heterocycles. The average molecular weight is 322 g/mol. The Labute approximate surface area is 143 Å². The van der Waals surface area contributed by atoms with Crippen LogP contribution in [-0.4, -0.2) is 38.1 Å². The van der Waals surface area contributed by atoms with Gasteiger partial charge in [-0.1, -0.05) is 24.1 Å². The number of ether oxygens (including phenoxy) is 1. The second-order valence-electron chi connectivity index (χ2n) is 5.61. The van der Waals surface area contributed by atoms with Gasteiger partial charge >= 0.3 is 0 Å². The highest BCUT2D eigenvalue weighted by Crippen LogP contribution is 2.12. The van der Waals surface area contributed by atoms with Crippen LogP contribution in [0.2, 0.25) is 0 Å². The third-order valence-corrected chi connectivity index (χ3v) is 3.67. The monoisotopic (exact) mass is 322 g/mol. The Kier molecular flexibility index (Phi) is 6.41. The van der Waals surface area contributed by atoms with Crippen LogP contribution in [-0.2, 0) is 11.2 Å². The van der Waals surface area contributed by atoms with Crippen molar-refractivity contribution in [1.29, 1.82) is 0 Å². The second-order valence-corrected chi connectivity index (χ2v) is 5.61. The van der Waals surface area contributed by atoms with Gasteiger partial charge in [0.1, 0.15) is 5.75 Å². The van der Waals surface area contributed by atoms with E-state index in [0.29, 0.717) is 6.54 Å². The average Bonchev–Trinajstić information content (AvgIpc) is 2.60. The molecule has 0 saturated heterocycles. The molecule has 0 aliphatic rings. The number of nitrogens with one attached hydrogen (secondary N) is 1. The third kappa shape index (κ3) is 5.45. The number of anilines is 1. The molecule has 4 heteroatoms. The van der Waals surface area contributed by atoms with E-state index in [2.05, 4.69) is 11.2 Å². The predicted molar refractivity (Wildman–Crippen MR) is 97.2 cm³/mol. The summed E-state index contributed by atoms with van der Waals surface area (Å²) in [5.74, 6) is 3.35. The van der Waals surface area contributed by atoms with Crippen LogP contribution in [0.5, 0.6) is 5.75 Å². The van der Waals surface area contributed by atoms with Crippen LogP contribution in [0.4, 0.5) is 5.69 Å². The summed E-state index contributed by atoms with van der Waals surface area (Å²) in [4.78, 5) is 14.1. The summed E-state index contributed by atoms with van der Waals surface area (Å²) in [5, 5.41) is 2.87. The number of rotatable bonds is 7. The van der Waals surface area contributed by atoms with E-state index < -0.39 is 0 Å². The fourth-order valence-electron chi connectivity index (χ4n) is 2.32. The van der Waals surface area contributed by atoms with E-state index in [-0.39, 0.29) is 5.91 Å². The van der Waals surface area contributed by atoms with Crippen molar-refractivity contribution >= 4 is 11.6 Å². The van der Waals surface area contributed by atoms with Gasteiger partial charge in [-0.05, 0) is 49.4 Å². The highest BCUT2D eigenvalue weighted by atomic mass is 16.5. The first kappa shape index (κ1) is 17.6. The molecule has 0 atom stereocenters. The molecule has 0 spiro atoms. The zero-order valence-corrected chi connectivity index (χ0v) is 14.1. The highest BCUT2D eigenvalue weighted by Gasteiger charge is 2.07. The predicted octanol–water partition coefficient (Wildman–Crippen LogP) is 2.79. The smallest absolute Gasteiger partial charge is 0.238 e. The van der Waals surface area contributed by atoms with E-state index in [1.807, 2.05) is 54.4 Å². The SMILES string of the molecule is C#Cc1cccc(NC(=O)CN(C)CCc2ccc(OC)cc2)c1. The molecule has 1 N–H and O–H groups in total. The minimum atomic E-state index is -0.0543. The van der Waals surface area contributed by atoms with E-state index in [1.54, 1.807) is 13.2 Å². The molecule has 0 fully saturated rings. The van der Waals surface area contributed by atoms with Crippen molar-refractivity contribution in [3.05, 3.63) is 59.7 Å². The van der Waals surface area contributed by atoms with Crippen molar-refractivity contribution in [1.82, 2.24) is 4.90 Å². The molecule has 0 unspecified atom stereocenters. The molecule has 0 aliphatic carbocycles. The molecule has 0 heterocycles. The molecule has 24 heavy (non-hydrogen) atoms. The fourth-order valence-corrected chi connectivity index (χ4v) is 2.32. The number of likely N-dealkylation sites (N-methyl/N-ethyl adjacent to an activating group) is 1. The number of hydrogen-bond acceptors (Lipinski definition) is 3. The third-order valence-electron chi connectivity index (χ3n) is 3.67. The number of nitrogens with zero attached hydrogens (tertiary/aromatic N) is 1. The van der Waals surface area contributed by atoms with Gasteiger partial charge in [-0.3, -0.25) is 9.69 Å². The topological polar surface area (TPSA) is 41.6 Å². The van der Waals surface area contributed by atoms with Gasteiger partial charge in [0, 0.05) is 17.8 Å². The minimum Gasteiger partial charge on any atom is -0.497 e. The minimum absolute atomic E-state index is 0.0543. The van der Waals surface area contributed by atoms with E-state index in [0.717, 1.165) is 30.0 Å². The summed E-state index contributed by atoms with van der Waals surface area (Å²) in [6.07, 6.45) is 6.24. The van der Waals surface area contributed by atoms with Gasteiger partial charge in [-0.2, -0.15) is 0 Å². The zero-order chi connectivity index (χ0) is 17.4. The number of hydrogen-bond donors (Lipinski definition) is 1. The molecular formula is C20H22N2O2. The Balaban J connectivity index is 1.79. The van der Waals surface area contributed by atoms with Crippen LogP contribution in [0, 0.1) is 12.3 Å². The molecule has 2 aromatic rings. The largest absolute Gasteiger partial charge is 0.497 e. The van der Waals surface area contributed by atoms with Crippen LogP contribution >= 0.6 is 0 Å². The van der Waals surface area contributed by atoms with Crippen molar-refractivity contribution in [3.63, 3.8) is 0 Å². The van der Waals surface area contributed by atoms with Crippen LogP contribution in [0.25, 0.3) is 0 Å². The second kappa shape index (κ2) is 8.76. The first-order valence-electron chi connectivity index (χ1n) is 7.78. The van der Waals surface area contributed by atoms with Gasteiger partial charge in [-0.25, -0.2) is 0 Å². The molecule has 0 bridgehead atoms. The number of carbonyl (C=O) groups is 1. The maximum Gasteiger partial charge on any atom is 0.238 e. The number of terminal acetylenes is 1. The van der Waals surface area contributed by atoms with Crippen molar-refractivity contribution < 1.29 is 9.53 Å². The Morgan fingerprint density at radius 3 is 2.67 bits per heavy atom. The molecule has 1 amide bonds. The summed E-state index contributed by atoms with van der Waals surface area (Å²) >= 11 is 0. The molecule has 124 valence electrons. The van der Waals surface area contributed by atoms with Crippen LogP contribution in [0.3, 0.4) is 0 Å². The van der Waals surface area contributed by atoms with Gasteiger partial charge in [0.25, 0.3) is 0 Å². The summed E-state index contributed by atoms with van der Waals surface area (Å²) in [6.45, 7) is 1.13. The Bertz CT molecular complexity index is 717. The van der Waals surface area contributed by atoms with Crippen molar-refractivity contribution in [2.75, 3.05) is 32.6 Å². The Hall–Kier alpha value is -2.77. The quantitative estimate of drug-likeness (QED) is 0.797. The molecule has 2 rings (SSSR count). The number of benzene rings is 2. The van der Waals surface area contributed by atoms with Crippen LogP contribution in [0.1, 0.15) is 11.1 Å². The van der Waals surface area contributed by atoms with Crippen LogP contribution < -0.4 is 10.1 Å². The first-order valence-corrected chi connectivity index (χ1v) is 7.78. The van der Waals surface area contributed by atoms with E-state index >= 15 is 0 Å². The van der Waals surface area contributed by atoms with E-state index in [9.17, 15) is 4.79 Å². The Morgan fingerprint density at radius 1 is 1.25 bits per heavy atom. The molecule has 0 radical (unpaired) electrons. The molecule has 0 aromatic heterocycles. The molecule has 2 aromatic carbocycles. The normalized spacial score (nSPS) is 10.2. The van der Waals surface area contributed by atoms with E-state index in [4.69, 9.17) is 11.2 Å². The fraction of sp³-hybridized carbons (Fsp3) is 0.250. The van der Waals surface area contributed by atoms with Crippen LogP contribution in [0.15, 0.2) is 48.5 Å².